The third-order valence-corrected chi connectivity index (χ3v) is 6.50. The number of piperazine rings is 1. The van der Waals surface area contributed by atoms with E-state index in [1.54, 1.807) is 15.9 Å². The van der Waals surface area contributed by atoms with Gasteiger partial charge in [0.25, 0.3) is 0 Å². The predicted molar refractivity (Wildman–Crippen MR) is 118 cm³/mol. The monoisotopic (exact) mass is 486 g/mol. The van der Waals surface area contributed by atoms with Crippen LogP contribution in [0.2, 0.25) is 0 Å². The minimum absolute atomic E-state index is 0.257. The lowest BCUT2D eigenvalue weighted by Crippen LogP contribution is -2.55. The molecule has 0 aromatic heterocycles. The van der Waals surface area contributed by atoms with Crippen molar-refractivity contribution in [1.82, 2.24) is 9.80 Å². The van der Waals surface area contributed by atoms with Crippen LogP contribution in [0.3, 0.4) is 0 Å². The Labute approximate surface area is 197 Å². The van der Waals surface area contributed by atoms with Gasteiger partial charge in [-0.2, -0.15) is 0 Å². The molecule has 34 heavy (non-hydrogen) atoms. The Morgan fingerprint density at radius 3 is 2.35 bits per heavy atom. The third-order valence-electron chi connectivity index (χ3n) is 6.50. The number of benzene rings is 1. The average Bonchev–Trinajstić information content (AvgIpc) is 2.79. The number of ether oxygens (including phenoxy) is 2. The van der Waals surface area contributed by atoms with Crippen molar-refractivity contribution in [2.24, 2.45) is 0 Å². The van der Waals surface area contributed by atoms with Crippen molar-refractivity contribution in [3.63, 3.8) is 0 Å². The molecule has 7 nitrogen and oxygen atoms in total. The first-order valence-electron chi connectivity index (χ1n) is 11.9. The number of carbonyl (C=O) groups is 2. The van der Waals surface area contributed by atoms with Gasteiger partial charge >= 0.3 is 12.5 Å². The zero-order valence-electron chi connectivity index (χ0n) is 19.5. The number of alkyl halides is 3. The van der Waals surface area contributed by atoms with Crippen LogP contribution in [0.5, 0.6) is 5.75 Å². The van der Waals surface area contributed by atoms with E-state index in [0.717, 1.165) is 32.1 Å². The fraction of sp³-hybridized carbons (Fsp3) is 0.667. The fourth-order valence-electron chi connectivity index (χ4n) is 4.71. The summed E-state index contributed by atoms with van der Waals surface area (Å²) < 4.78 is 47.6. The molecule has 1 saturated heterocycles. The molecule has 1 N–H and O–H groups in total. The molecule has 1 aromatic carbocycles. The molecule has 0 bridgehead atoms. The highest BCUT2D eigenvalue weighted by atomic mass is 19.4. The molecule has 1 aliphatic carbocycles. The number of amides is 2. The van der Waals surface area contributed by atoms with Gasteiger partial charge in [0.2, 0.25) is 5.91 Å². The molecule has 0 unspecified atom stereocenters. The summed E-state index contributed by atoms with van der Waals surface area (Å²) in [7, 11) is 0. The molecule has 1 heterocycles. The summed E-state index contributed by atoms with van der Waals surface area (Å²) in [6.45, 7) is 3.44. The molecule has 1 atom stereocenters. The maximum absolute atomic E-state index is 13.7. The molecule has 3 rings (SSSR count). The van der Waals surface area contributed by atoms with E-state index in [9.17, 15) is 27.9 Å². The van der Waals surface area contributed by atoms with Gasteiger partial charge in [0, 0.05) is 26.2 Å². The van der Waals surface area contributed by atoms with Crippen LogP contribution >= 0.6 is 0 Å². The molecule has 2 amide bonds. The lowest BCUT2D eigenvalue weighted by Gasteiger charge is -2.42. The van der Waals surface area contributed by atoms with Crippen molar-refractivity contribution in [2.45, 2.75) is 69.8 Å². The highest BCUT2D eigenvalue weighted by Gasteiger charge is 2.45. The zero-order chi connectivity index (χ0) is 24.8. The molecular formula is C24H33F3N2O5. The normalized spacial score (nSPS) is 19.4. The fourth-order valence-corrected chi connectivity index (χ4v) is 4.71. The van der Waals surface area contributed by atoms with Crippen LogP contribution in [0, 0.1) is 0 Å². The van der Waals surface area contributed by atoms with Gasteiger partial charge in [0.15, 0.2) is 0 Å². The first kappa shape index (κ1) is 26.1. The molecule has 2 aliphatic rings. The van der Waals surface area contributed by atoms with Gasteiger partial charge in [-0.05, 0) is 37.0 Å². The molecule has 1 saturated carbocycles. The summed E-state index contributed by atoms with van der Waals surface area (Å²) in [4.78, 5) is 29.0. The third kappa shape index (κ3) is 6.77. The van der Waals surface area contributed by atoms with Crippen LogP contribution in [-0.4, -0.2) is 71.7 Å². The SMILES string of the molecule is CCCCOC(=O)N1CCN(C(=O)[C@H](c2cccc(OC(F)(F)F)c2)C2(O)CCCCC2)CC1. The topological polar surface area (TPSA) is 79.3 Å². The Morgan fingerprint density at radius 2 is 1.74 bits per heavy atom. The summed E-state index contributed by atoms with van der Waals surface area (Å²) in [6.07, 6.45) is -0.417. The summed E-state index contributed by atoms with van der Waals surface area (Å²) in [5, 5.41) is 11.5. The zero-order valence-corrected chi connectivity index (χ0v) is 19.5. The van der Waals surface area contributed by atoms with Crippen molar-refractivity contribution in [3.05, 3.63) is 29.8 Å². The van der Waals surface area contributed by atoms with E-state index in [1.807, 2.05) is 6.92 Å². The maximum Gasteiger partial charge on any atom is 0.573 e. The second kappa shape index (κ2) is 11.3. The minimum Gasteiger partial charge on any atom is -0.449 e. The Morgan fingerprint density at radius 1 is 1.09 bits per heavy atom. The number of aliphatic hydroxyl groups is 1. The second-order valence-corrected chi connectivity index (χ2v) is 9.00. The Bertz CT molecular complexity index is 834. The van der Waals surface area contributed by atoms with Crippen LogP contribution < -0.4 is 4.74 Å². The summed E-state index contributed by atoms with van der Waals surface area (Å²) in [6, 6.07) is 5.31. The van der Waals surface area contributed by atoms with E-state index in [0.29, 0.717) is 32.5 Å². The highest BCUT2D eigenvalue weighted by molar-refractivity contribution is 5.85. The van der Waals surface area contributed by atoms with Crippen LogP contribution in [0.25, 0.3) is 0 Å². The summed E-state index contributed by atoms with van der Waals surface area (Å²) in [5.74, 6) is -1.80. The molecule has 2 fully saturated rings. The molecule has 0 radical (unpaired) electrons. The van der Waals surface area contributed by atoms with E-state index in [4.69, 9.17) is 4.74 Å². The Balaban J connectivity index is 1.77. The number of rotatable bonds is 7. The summed E-state index contributed by atoms with van der Waals surface area (Å²) >= 11 is 0. The highest BCUT2D eigenvalue weighted by Crippen LogP contribution is 2.42. The number of hydrogen-bond donors (Lipinski definition) is 1. The predicted octanol–water partition coefficient (Wildman–Crippen LogP) is 4.44. The number of hydrogen-bond acceptors (Lipinski definition) is 5. The Hall–Kier alpha value is -2.49. The average molecular weight is 487 g/mol. The standard InChI is InChI=1S/C24H33F3N2O5/c1-2-3-16-33-22(31)29-14-12-28(13-15-29)21(30)20(23(32)10-5-4-6-11-23)18-8-7-9-19(17-18)34-24(25,26)27/h7-9,17,20,32H,2-6,10-16H2,1H3/t20-/m0/s1. The molecule has 1 aromatic rings. The van der Waals surface area contributed by atoms with Gasteiger partial charge in [0.05, 0.1) is 18.1 Å². The number of halogens is 3. The van der Waals surface area contributed by atoms with E-state index in [1.165, 1.54) is 18.2 Å². The van der Waals surface area contributed by atoms with Crippen LogP contribution in [0.15, 0.2) is 24.3 Å². The molecule has 190 valence electrons. The first-order chi connectivity index (χ1) is 16.1. The molecule has 10 heteroatoms. The van der Waals surface area contributed by atoms with Gasteiger partial charge in [-0.3, -0.25) is 4.79 Å². The van der Waals surface area contributed by atoms with Crippen molar-refractivity contribution < 1.29 is 37.3 Å². The van der Waals surface area contributed by atoms with Crippen molar-refractivity contribution >= 4 is 12.0 Å². The van der Waals surface area contributed by atoms with Crippen LogP contribution in [-0.2, 0) is 9.53 Å². The van der Waals surface area contributed by atoms with Gasteiger partial charge in [-0.15, -0.1) is 13.2 Å². The largest absolute Gasteiger partial charge is 0.573 e. The maximum atomic E-state index is 13.7. The van der Waals surface area contributed by atoms with E-state index in [-0.39, 0.29) is 24.6 Å². The van der Waals surface area contributed by atoms with E-state index >= 15 is 0 Å². The first-order valence-corrected chi connectivity index (χ1v) is 11.9. The molecule has 1 aliphatic heterocycles. The lowest BCUT2D eigenvalue weighted by atomic mass is 9.72. The quantitative estimate of drug-likeness (QED) is 0.577. The molecular weight excluding hydrogens is 453 g/mol. The van der Waals surface area contributed by atoms with Crippen LogP contribution in [0.4, 0.5) is 18.0 Å². The number of carbonyl (C=O) groups excluding carboxylic acids is 2. The van der Waals surface area contributed by atoms with E-state index < -0.39 is 29.7 Å². The van der Waals surface area contributed by atoms with Gasteiger partial charge in [-0.25, -0.2) is 4.79 Å². The van der Waals surface area contributed by atoms with Crippen molar-refractivity contribution in [3.8, 4) is 5.75 Å². The van der Waals surface area contributed by atoms with Gasteiger partial charge in [-0.1, -0.05) is 44.7 Å². The lowest BCUT2D eigenvalue weighted by molar-refractivity contribution is -0.274. The smallest absolute Gasteiger partial charge is 0.449 e. The minimum atomic E-state index is -4.86. The molecule has 0 spiro atoms. The van der Waals surface area contributed by atoms with Gasteiger partial charge in [0.1, 0.15) is 5.75 Å². The van der Waals surface area contributed by atoms with Crippen molar-refractivity contribution in [1.29, 1.82) is 0 Å². The summed E-state index contributed by atoms with van der Waals surface area (Å²) in [5.41, 5.74) is -1.07. The number of nitrogens with zero attached hydrogens (tertiary/aromatic N) is 2. The number of unbranched alkanes of at least 4 members (excludes halogenated alkanes) is 1. The Kier molecular flexibility index (Phi) is 8.67. The van der Waals surface area contributed by atoms with Crippen LogP contribution in [0.1, 0.15) is 63.4 Å². The van der Waals surface area contributed by atoms with E-state index in [2.05, 4.69) is 4.74 Å². The van der Waals surface area contributed by atoms with Crippen molar-refractivity contribution in [2.75, 3.05) is 32.8 Å². The second-order valence-electron chi connectivity index (χ2n) is 9.00. The van der Waals surface area contributed by atoms with Gasteiger partial charge < -0.3 is 24.4 Å².